The molecule has 0 aliphatic carbocycles. The molecule has 1 aliphatic rings. The maximum atomic E-state index is 4.13. The largest absolute Gasteiger partial charge is 0.379 e. The summed E-state index contributed by atoms with van der Waals surface area (Å²) in [5.74, 6) is 0. The zero-order chi connectivity index (χ0) is 16.9. The molecule has 4 rings (SSSR count). The predicted molar refractivity (Wildman–Crippen MR) is 99.7 cm³/mol. The SMILES string of the molecule is c1ccc(CN2CCCC(Nc3ccccc3-n3ccnn3)C2)cc1. The molecule has 1 aliphatic heterocycles. The average Bonchev–Trinajstić information content (AvgIpc) is 3.18. The summed E-state index contributed by atoms with van der Waals surface area (Å²) in [6.07, 6.45) is 6.00. The fourth-order valence-electron chi connectivity index (χ4n) is 3.51. The summed E-state index contributed by atoms with van der Waals surface area (Å²) in [6.45, 7) is 3.24. The lowest BCUT2D eigenvalue weighted by atomic mass is 10.0. The second-order valence-electron chi connectivity index (χ2n) is 6.57. The van der Waals surface area contributed by atoms with E-state index in [-0.39, 0.29) is 0 Å². The van der Waals surface area contributed by atoms with Gasteiger partial charge in [-0.05, 0) is 37.1 Å². The van der Waals surface area contributed by atoms with Gasteiger partial charge in [-0.2, -0.15) is 0 Å². The lowest BCUT2D eigenvalue weighted by Crippen LogP contribution is -2.41. The van der Waals surface area contributed by atoms with Crippen LogP contribution < -0.4 is 5.32 Å². The zero-order valence-corrected chi connectivity index (χ0v) is 14.3. The molecule has 25 heavy (non-hydrogen) atoms. The van der Waals surface area contributed by atoms with E-state index in [1.807, 2.05) is 16.9 Å². The van der Waals surface area contributed by atoms with Gasteiger partial charge in [0.1, 0.15) is 0 Å². The van der Waals surface area contributed by atoms with Gasteiger partial charge in [-0.25, -0.2) is 4.68 Å². The molecule has 1 saturated heterocycles. The van der Waals surface area contributed by atoms with Crippen molar-refractivity contribution in [3.63, 3.8) is 0 Å². The molecule has 0 spiro atoms. The molecule has 1 atom stereocenters. The molecular weight excluding hydrogens is 310 g/mol. The van der Waals surface area contributed by atoms with Crippen molar-refractivity contribution in [1.29, 1.82) is 0 Å². The Morgan fingerprint density at radius 3 is 2.72 bits per heavy atom. The van der Waals surface area contributed by atoms with Gasteiger partial charge >= 0.3 is 0 Å². The molecule has 0 saturated carbocycles. The molecule has 5 heteroatoms. The van der Waals surface area contributed by atoms with E-state index in [1.165, 1.54) is 18.4 Å². The minimum atomic E-state index is 0.446. The highest BCUT2D eigenvalue weighted by molar-refractivity contribution is 5.61. The first kappa shape index (κ1) is 15.8. The van der Waals surface area contributed by atoms with Crippen molar-refractivity contribution < 1.29 is 0 Å². The Morgan fingerprint density at radius 1 is 1.04 bits per heavy atom. The molecule has 1 unspecified atom stereocenters. The Labute approximate surface area is 148 Å². The van der Waals surface area contributed by atoms with Crippen LogP contribution in [0.1, 0.15) is 18.4 Å². The highest BCUT2D eigenvalue weighted by atomic mass is 15.4. The standard InChI is InChI=1S/C20H23N5/c1-2-7-17(8-3-1)15-24-13-6-9-18(16-24)22-19-10-4-5-11-20(19)25-14-12-21-23-25/h1-5,7-8,10-12,14,18,22H,6,9,13,15-16H2. The first-order chi connectivity index (χ1) is 12.4. The van der Waals surface area contributed by atoms with Gasteiger partial charge in [-0.15, -0.1) is 5.10 Å². The monoisotopic (exact) mass is 333 g/mol. The van der Waals surface area contributed by atoms with Gasteiger partial charge in [-0.1, -0.05) is 47.7 Å². The number of rotatable bonds is 5. The minimum absolute atomic E-state index is 0.446. The lowest BCUT2D eigenvalue weighted by molar-refractivity contribution is 0.208. The van der Waals surface area contributed by atoms with Crippen LogP contribution in [0.25, 0.3) is 5.69 Å². The summed E-state index contributed by atoms with van der Waals surface area (Å²) < 4.78 is 1.81. The van der Waals surface area contributed by atoms with E-state index in [0.717, 1.165) is 31.0 Å². The van der Waals surface area contributed by atoms with Crippen LogP contribution >= 0.6 is 0 Å². The van der Waals surface area contributed by atoms with Gasteiger partial charge in [0.2, 0.25) is 0 Å². The third-order valence-corrected chi connectivity index (χ3v) is 4.69. The van der Waals surface area contributed by atoms with Crippen LogP contribution in [0.5, 0.6) is 0 Å². The molecular formula is C20H23N5. The highest BCUT2D eigenvalue weighted by Crippen LogP contribution is 2.23. The third-order valence-electron chi connectivity index (χ3n) is 4.69. The van der Waals surface area contributed by atoms with Gasteiger partial charge in [0.15, 0.2) is 0 Å². The van der Waals surface area contributed by atoms with E-state index in [0.29, 0.717) is 6.04 Å². The molecule has 0 amide bonds. The highest BCUT2D eigenvalue weighted by Gasteiger charge is 2.20. The minimum Gasteiger partial charge on any atom is -0.379 e. The van der Waals surface area contributed by atoms with Crippen LogP contribution in [0, 0.1) is 0 Å². The van der Waals surface area contributed by atoms with E-state index in [9.17, 15) is 0 Å². The Kier molecular flexibility index (Phi) is 4.74. The number of anilines is 1. The van der Waals surface area contributed by atoms with Crippen molar-refractivity contribution in [3.05, 3.63) is 72.6 Å². The van der Waals surface area contributed by atoms with Crippen LogP contribution in [0.4, 0.5) is 5.69 Å². The third kappa shape index (κ3) is 3.88. The van der Waals surface area contributed by atoms with E-state index in [1.54, 1.807) is 6.20 Å². The molecule has 0 bridgehead atoms. The number of piperidine rings is 1. The summed E-state index contributed by atoms with van der Waals surface area (Å²) in [7, 11) is 0. The number of hydrogen-bond donors (Lipinski definition) is 1. The van der Waals surface area contributed by atoms with Crippen LogP contribution in [0.3, 0.4) is 0 Å². The molecule has 5 nitrogen and oxygen atoms in total. The van der Waals surface area contributed by atoms with Gasteiger partial charge in [-0.3, -0.25) is 4.90 Å². The number of nitrogens with zero attached hydrogens (tertiary/aromatic N) is 4. The smallest absolute Gasteiger partial charge is 0.0894 e. The molecule has 2 heterocycles. The van der Waals surface area contributed by atoms with Crippen molar-refractivity contribution in [3.8, 4) is 5.69 Å². The lowest BCUT2D eigenvalue weighted by Gasteiger charge is -2.34. The van der Waals surface area contributed by atoms with E-state index in [2.05, 4.69) is 69.1 Å². The quantitative estimate of drug-likeness (QED) is 0.778. The second kappa shape index (κ2) is 7.49. The van der Waals surface area contributed by atoms with Gasteiger partial charge in [0.25, 0.3) is 0 Å². The molecule has 3 aromatic rings. The number of aromatic nitrogens is 3. The number of benzene rings is 2. The van der Waals surface area contributed by atoms with Crippen molar-refractivity contribution in [2.24, 2.45) is 0 Å². The van der Waals surface area contributed by atoms with Crippen molar-refractivity contribution in [2.75, 3.05) is 18.4 Å². The molecule has 2 aromatic carbocycles. The maximum absolute atomic E-state index is 4.13. The normalized spacial score (nSPS) is 18.2. The average molecular weight is 333 g/mol. The molecule has 1 fully saturated rings. The van der Waals surface area contributed by atoms with Gasteiger partial charge in [0.05, 0.1) is 23.8 Å². The number of likely N-dealkylation sites (tertiary alicyclic amines) is 1. The summed E-state index contributed by atoms with van der Waals surface area (Å²) in [4.78, 5) is 2.54. The van der Waals surface area contributed by atoms with Gasteiger partial charge in [0, 0.05) is 19.1 Å². The fraction of sp³-hybridized carbons (Fsp3) is 0.300. The van der Waals surface area contributed by atoms with Crippen molar-refractivity contribution >= 4 is 5.69 Å². The maximum Gasteiger partial charge on any atom is 0.0894 e. The van der Waals surface area contributed by atoms with E-state index < -0.39 is 0 Å². The number of nitrogens with one attached hydrogen (secondary N) is 1. The zero-order valence-electron chi connectivity index (χ0n) is 14.3. The summed E-state index contributed by atoms with van der Waals surface area (Å²) in [5, 5.41) is 11.8. The Hall–Kier alpha value is -2.66. The first-order valence-electron chi connectivity index (χ1n) is 8.87. The Bertz CT molecular complexity index is 785. The number of para-hydroxylation sites is 2. The molecule has 128 valence electrons. The Balaban J connectivity index is 1.45. The number of hydrogen-bond acceptors (Lipinski definition) is 4. The van der Waals surface area contributed by atoms with Crippen LogP contribution in [-0.2, 0) is 6.54 Å². The van der Waals surface area contributed by atoms with Crippen LogP contribution in [-0.4, -0.2) is 39.0 Å². The molecule has 1 aromatic heterocycles. The van der Waals surface area contributed by atoms with Crippen molar-refractivity contribution in [1.82, 2.24) is 19.9 Å². The summed E-state index contributed by atoms with van der Waals surface area (Å²) >= 11 is 0. The summed E-state index contributed by atoms with van der Waals surface area (Å²) in [6, 6.07) is 19.4. The molecule has 0 radical (unpaired) electrons. The fourth-order valence-corrected chi connectivity index (χ4v) is 3.51. The topological polar surface area (TPSA) is 46.0 Å². The van der Waals surface area contributed by atoms with Crippen LogP contribution in [0.15, 0.2) is 67.0 Å². The second-order valence-corrected chi connectivity index (χ2v) is 6.57. The van der Waals surface area contributed by atoms with Gasteiger partial charge < -0.3 is 5.32 Å². The predicted octanol–water partition coefficient (Wildman–Crippen LogP) is 3.34. The first-order valence-corrected chi connectivity index (χ1v) is 8.87. The van der Waals surface area contributed by atoms with Crippen molar-refractivity contribution in [2.45, 2.75) is 25.4 Å². The Morgan fingerprint density at radius 2 is 1.88 bits per heavy atom. The summed E-state index contributed by atoms with van der Waals surface area (Å²) in [5.41, 5.74) is 3.53. The van der Waals surface area contributed by atoms with E-state index in [4.69, 9.17) is 0 Å². The molecule has 1 N–H and O–H groups in total. The van der Waals surface area contributed by atoms with Crippen LogP contribution in [0.2, 0.25) is 0 Å². The van der Waals surface area contributed by atoms with E-state index >= 15 is 0 Å².